The molecule has 0 bridgehead atoms. The molecule has 0 amide bonds. The SMILES string of the molecule is CC1(C)OCC(COCC(O)COCC2COC(C)(C)O2)O1.COCCC(C)(C)C. The Hall–Kier alpha value is -0.320. The van der Waals surface area contributed by atoms with Crippen LogP contribution < -0.4 is 0 Å². The molecule has 2 saturated heterocycles. The molecule has 2 atom stereocenters. The maximum atomic E-state index is 9.81. The van der Waals surface area contributed by atoms with Crippen molar-refractivity contribution in [1.82, 2.24) is 0 Å². The molecular weight excluding hydrogens is 392 g/mol. The van der Waals surface area contributed by atoms with Crippen LogP contribution in [0.1, 0.15) is 54.9 Å². The van der Waals surface area contributed by atoms with E-state index in [2.05, 4.69) is 20.8 Å². The molecule has 8 nitrogen and oxygen atoms in total. The van der Waals surface area contributed by atoms with Crippen LogP contribution in [0.2, 0.25) is 0 Å². The summed E-state index contributed by atoms with van der Waals surface area (Å²) in [6.45, 7) is 17.2. The van der Waals surface area contributed by atoms with Crippen LogP contribution in [0.5, 0.6) is 0 Å². The number of rotatable bonds is 10. The number of hydrogen-bond acceptors (Lipinski definition) is 8. The van der Waals surface area contributed by atoms with Gasteiger partial charge in [-0.1, -0.05) is 20.8 Å². The third-order valence-electron chi connectivity index (χ3n) is 4.42. The van der Waals surface area contributed by atoms with Crippen LogP contribution >= 0.6 is 0 Å². The Balaban J connectivity index is 0.000000479. The third-order valence-corrected chi connectivity index (χ3v) is 4.42. The minimum Gasteiger partial charge on any atom is -0.388 e. The molecule has 8 heteroatoms. The zero-order valence-electron chi connectivity index (χ0n) is 20.2. The van der Waals surface area contributed by atoms with Gasteiger partial charge >= 0.3 is 0 Å². The van der Waals surface area contributed by atoms with Gasteiger partial charge in [-0.05, 0) is 39.5 Å². The molecule has 2 aliphatic rings. The van der Waals surface area contributed by atoms with Crippen molar-refractivity contribution in [2.45, 2.75) is 84.8 Å². The normalized spacial score (nSPS) is 26.3. The molecule has 0 saturated carbocycles. The predicted molar refractivity (Wildman–Crippen MR) is 113 cm³/mol. The van der Waals surface area contributed by atoms with Gasteiger partial charge in [0.1, 0.15) is 18.3 Å². The van der Waals surface area contributed by atoms with Crippen LogP contribution in [0.15, 0.2) is 0 Å². The first-order valence-electron chi connectivity index (χ1n) is 10.8. The van der Waals surface area contributed by atoms with E-state index in [1.54, 1.807) is 7.11 Å². The fourth-order valence-electron chi connectivity index (χ4n) is 2.82. The molecule has 2 heterocycles. The summed E-state index contributed by atoms with van der Waals surface area (Å²) in [6, 6.07) is 0. The third kappa shape index (κ3) is 13.2. The second-order valence-corrected chi connectivity index (χ2v) is 9.93. The summed E-state index contributed by atoms with van der Waals surface area (Å²) in [5.74, 6) is -1.10. The molecule has 0 aromatic heterocycles. The zero-order valence-corrected chi connectivity index (χ0v) is 20.2. The second-order valence-electron chi connectivity index (χ2n) is 9.93. The fraction of sp³-hybridized carbons (Fsp3) is 1.00. The molecule has 2 unspecified atom stereocenters. The lowest BCUT2D eigenvalue weighted by Crippen LogP contribution is -2.29. The highest BCUT2D eigenvalue weighted by Gasteiger charge is 2.33. The molecule has 0 aromatic carbocycles. The summed E-state index contributed by atoms with van der Waals surface area (Å²) < 4.78 is 37.9. The van der Waals surface area contributed by atoms with Gasteiger partial charge in [0, 0.05) is 13.7 Å². The van der Waals surface area contributed by atoms with Gasteiger partial charge in [-0.3, -0.25) is 0 Å². The number of aliphatic hydroxyl groups is 1. The van der Waals surface area contributed by atoms with Crippen molar-refractivity contribution in [2.75, 3.05) is 53.4 Å². The van der Waals surface area contributed by atoms with Crippen LogP contribution in [0, 0.1) is 5.41 Å². The smallest absolute Gasteiger partial charge is 0.163 e. The minimum atomic E-state index is -0.675. The molecule has 1 N–H and O–H groups in total. The molecule has 2 aliphatic heterocycles. The van der Waals surface area contributed by atoms with Crippen LogP contribution in [0.25, 0.3) is 0 Å². The van der Waals surface area contributed by atoms with E-state index in [9.17, 15) is 5.11 Å². The van der Waals surface area contributed by atoms with Gasteiger partial charge in [0.2, 0.25) is 0 Å². The van der Waals surface area contributed by atoms with Crippen molar-refractivity contribution in [3.63, 3.8) is 0 Å². The Morgan fingerprint density at radius 1 is 0.900 bits per heavy atom. The van der Waals surface area contributed by atoms with E-state index in [0.29, 0.717) is 31.8 Å². The van der Waals surface area contributed by atoms with E-state index >= 15 is 0 Å². The van der Waals surface area contributed by atoms with Gasteiger partial charge in [0.05, 0.1) is 39.6 Å². The van der Waals surface area contributed by atoms with E-state index in [0.717, 1.165) is 13.0 Å². The average Bonchev–Trinajstić information content (AvgIpc) is 3.14. The first kappa shape index (κ1) is 27.7. The summed E-state index contributed by atoms with van der Waals surface area (Å²) in [7, 11) is 1.74. The Bertz CT molecular complexity index is 429. The average molecular weight is 437 g/mol. The number of ether oxygens (including phenoxy) is 7. The van der Waals surface area contributed by atoms with Crippen LogP contribution in [-0.2, 0) is 33.2 Å². The van der Waals surface area contributed by atoms with Crippen molar-refractivity contribution in [3.8, 4) is 0 Å². The molecule has 0 aromatic rings. The molecule has 0 spiro atoms. The highest BCUT2D eigenvalue weighted by atomic mass is 16.8. The van der Waals surface area contributed by atoms with Crippen LogP contribution in [0.3, 0.4) is 0 Å². The van der Waals surface area contributed by atoms with Gasteiger partial charge in [-0.25, -0.2) is 0 Å². The minimum absolute atomic E-state index is 0.0885. The number of hydrogen-bond donors (Lipinski definition) is 1. The standard InChI is InChI=1S/C15H28O7.C7H16O/c1-14(2)19-9-12(21-14)7-17-5-11(16)6-18-8-13-10-20-15(3,4)22-13;1-7(2,3)5-6-8-4/h11-13,16H,5-10H2,1-4H3;5-6H2,1-4H3. The maximum Gasteiger partial charge on any atom is 0.163 e. The lowest BCUT2D eigenvalue weighted by molar-refractivity contribution is -0.149. The highest BCUT2D eigenvalue weighted by molar-refractivity contribution is 4.71. The number of methoxy groups -OCH3 is 1. The number of aliphatic hydroxyl groups excluding tert-OH is 1. The van der Waals surface area contributed by atoms with E-state index in [-0.39, 0.29) is 25.4 Å². The Morgan fingerprint density at radius 3 is 1.60 bits per heavy atom. The van der Waals surface area contributed by atoms with Crippen LogP contribution in [-0.4, -0.2) is 88.4 Å². The molecule has 180 valence electrons. The van der Waals surface area contributed by atoms with Gasteiger partial charge < -0.3 is 38.3 Å². The second kappa shape index (κ2) is 12.6. The van der Waals surface area contributed by atoms with Gasteiger partial charge in [0.25, 0.3) is 0 Å². The monoisotopic (exact) mass is 436 g/mol. The summed E-state index contributed by atoms with van der Waals surface area (Å²) in [5.41, 5.74) is 0.427. The van der Waals surface area contributed by atoms with Gasteiger partial charge in [-0.15, -0.1) is 0 Å². The predicted octanol–water partition coefficient (Wildman–Crippen LogP) is 2.75. The van der Waals surface area contributed by atoms with Gasteiger partial charge in [-0.2, -0.15) is 0 Å². The molecule has 2 fully saturated rings. The first-order valence-corrected chi connectivity index (χ1v) is 10.8. The van der Waals surface area contributed by atoms with E-state index in [1.807, 2.05) is 27.7 Å². The Kier molecular flexibility index (Phi) is 11.7. The summed E-state index contributed by atoms with van der Waals surface area (Å²) in [4.78, 5) is 0. The Labute approximate surface area is 182 Å². The zero-order chi connectivity index (χ0) is 22.8. The largest absolute Gasteiger partial charge is 0.388 e. The highest BCUT2D eigenvalue weighted by Crippen LogP contribution is 2.23. The van der Waals surface area contributed by atoms with Crippen molar-refractivity contribution in [1.29, 1.82) is 0 Å². The van der Waals surface area contributed by atoms with Crippen molar-refractivity contribution in [2.24, 2.45) is 5.41 Å². The molecule has 30 heavy (non-hydrogen) atoms. The van der Waals surface area contributed by atoms with Crippen molar-refractivity contribution in [3.05, 3.63) is 0 Å². The fourth-order valence-corrected chi connectivity index (χ4v) is 2.82. The summed E-state index contributed by atoms with van der Waals surface area (Å²) in [5, 5.41) is 9.81. The molecule has 0 aliphatic carbocycles. The summed E-state index contributed by atoms with van der Waals surface area (Å²) >= 11 is 0. The summed E-state index contributed by atoms with van der Waals surface area (Å²) in [6.07, 6.45) is 0.290. The molecule has 0 radical (unpaired) electrons. The van der Waals surface area contributed by atoms with E-state index in [4.69, 9.17) is 33.2 Å². The first-order chi connectivity index (χ1) is 13.8. The van der Waals surface area contributed by atoms with Gasteiger partial charge in [0.15, 0.2) is 11.6 Å². The quantitative estimate of drug-likeness (QED) is 0.560. The molecular formula is C22H44O8. The molecule has 2 rings (SSSR count). The van der Waals surface area contributed by atoms with E-state index < -0.39 is 17.7 Å². The van der Waals surface area contributed by atoms with Crippen molar-refractivity contribution < 1.29 is 38.3 Å². The van der Waals surface area contributed by atoms with Crippen molar-refractivity contribution >= 4 is 0 Å². The van der Waals surface area contributed by atoms with E-state index in [1.165, 1.54) is 0 Å². The lowest BCUT2D eigenvalue weighted by atomic mass is 9.93. The Morgan fingerprint density at radius 2 is 1.33 bits per heavy atom. The lowest BCUT2D eigenvalue weighted by Gasteiger charge is -2.18. The topological polar surface area (TPSA) is 84.8 Å². The van der Waals surface area contributed by atoms with Crippen LogP contribution in [0.4, 0.5) is 0 Å². The maximum absolute atomic E-state index is 9.81.